The molecule has 1 aliphatic rings. The van der Waals surface area contributed by atoms with Crippen molar-refractivity contribution in [3.05, 3.63) is 65.3 Å². The number of benzene rings is 2. The van der Waals surface area contributed by atoms with E-state index in [1.807, 2.05) is 48.7 Å². The SMILES string of the molecule is O=C(CN1CCN(c2cccc(Cl)c2)CC1)c1ccc2cc[nH]c2c1. The summed E-state index contributed by atoms with van der Waals surface area (Å²) < 4.78 is 0. The highest BCUT2D eigenvalue weighted by molar-refractivity contribution is 6.30. The van der Waals surface area contributed by atoms with E-state index in [0.717, 1.165) is 53.4 Å². The Bertz CT molecular complexity index is 897. The van der Waals surface area contributed by atoms with Gasteiger partial charge in [-0.1, -0.05) is 29.8 Å². The number of aromatic nitrogens is 1. The topological polar surface area (TPSA) is 39.3 Å². The number of carbonyl (C=O) groups is 1. The highest BCUT2D eigenvalue weighted by atomic mass is 35.5. The van der Waals surface area contributed by atoms with Crippen LogP contribution in [0.15, 0.2) is 54.7 Å². The average Bonchev–Trinajstić information content (AvgIpc) is 3.10. The van der Waals surface area contributed by atoms with Gasteiger partial charge in [-0.15, -0.1) is 0 Å². The second-order valence-electron chi connectivity index (χ2n) is 6.45. The maximum absolute atomic E-state index is 12.6. The monoisotopic (exact) mass is 353 g/mol. The van der Waals surface area contributed by atoms with E-state index < -0.39 is 0 Å². The Morgan fingerprint density at radius 1 is 1.04 bits per heavy atom. The van der Waals surface area contributed by atoms with Crippen LogP contribution in [-0.4, -0.2) is 48.4 Å². The molecule has 1 N–H and O–H groups in total. The number of anilines is 1. The van der Waals surface area contributed by atoms with Crippen molar-refractivity contribution >= 4 is 34.0 Å². The van der Waals surface area contributed by atoms with E-state index in [0.29, 0.717) is 6.54 Å². The zero-order valence-corrected chi connectivity index (χ0v) is 14.7. The van der Waals surface area contributed by atoms with Crippen LogP contribution in [0, 0.1) is 0 Å². The van der Waals surface area contributed by atoms with Crippen molar-refractivity contribution < 1.29 is 4.79 Å². The molecule has 0 aliphatic carbocycles. The fourth-order valence-electron chi connectivity index (χ4n) is 3.35. The van der Waals surface area contributed by atoms with Crippen molar-refractivity contribution in [3.8, 4) is 0 Å². The zero-order valence-electron chi connectivity index (χ0n) is 13.9. The van der Waals surface area contributed by atoms with Crippen LogP contribution in [-0.2, 0) is 0 Å². The van der Waals surface area contributed by atoms with Crippen LogP contribution in [0.4, 0.5) is 5.69 Å². The molecule has 0 radical (unpaired) electrons. The summed E-state index contributed by atoms with van der Waals surface area (Å²) in [5.74, 6) is 0.174. The molecule has 4 rings (SSSR count). The normalized spacial score (nSPS) is 15.6. The Morgan fingerprint density at radius 2 is 1.88 bits per heavy atom. The summed E-state index contributed by atoms with van der Waals surface area (Å²) in [6, 6.07) is 15.8. The van der Waals surface area contributed by atoms with Gasteiger partial charge in [-0.2, -0.15) is 0 Å². The molecule has 3 aromatic rings. The molecule has 25 heavy (non-hydrogen) atoms. The lowest BCUT2D eigenvalue weighted by atomic mass is 10.1. The van der Waals surface area contributed by atoms with Crippen molar-refractivity contribution in [2.24, 2.45) is 0 Å². The summed E-state index contributed by atoms with van der Waals surface area (Å²) in [5, 5.41) is 1.89. The van der Waals surface area contributed by atoms with Crippen molar-refractivity contribution in [1.29, 1.82) is 0 Å². The van der Waals surface area contributed by atoms with Gasteiger partial charge in [0.25, 0.3) is 0 Å². The van der Waals surface area contributed by atoms with Gasteiger partial charge in [-0.3, -0.25) is 9.69 Å². The fraction of sp³-hybridized carbons (Fsp3) is 0.250. The summed E-state index contributed by atoms with van der Waals surface area (Å²) in [5.41, 5.74) is 2.93. The Labute approximate surface area is 152 Å². The van der Waals surface area contributed by atoms with Crippen molar-refractivity contribution in [3.63, 3.8) is 0 Å². The van der Waals surface area contributed by atoms with E-state index in [-0.39, 0.29) is 5.78 Å². The average molecular weight is 354 g/mol. The second kappa shape index (κ2) is 6.90. The molecular weight excluding hydrogens is 334 g/mol. The molecule has 128 valence electrons. The molecule has 0 atom stereocenters. The lowest BCUT2D eigenvalue weighted by Crippen LogP contribution is -2.48. The van der Waals surface area contributed by atoms with Gasteiger partial charge in [0.2, 0.25) is 0 Å². The summed E-state index contributed by atoms with van der Waals surface area (Å²) >= 11 is 6.08. The number of hydrogen-bond acceptors (Lipinski definition) is 3. The number of piperazine rings is 1. The highest BCUT2D eigenvalue weighted by Crippen LogP contribution is 2.21. The van der Waals surface area contributed by atoms with E-state index in [4.69, 9.17) is 11.6 Å². The van der Waals surface area contributed by atoms with Gasteiger partial charge in [-0.05, 0) is 35.7 Å². The van der Waals surface area contributed by atoms with Crippen molar-refractivity contribution in [1.82, 2.24) is 9.88 Å². The number of aromatic amines is 1. The van der Waals surface area contributed by atoms with Gasteiger partial charge < -0.3 is 9.88 Å². The third kappa shape index (κ3) is 3.55. The van der Waals surface area contributed by atoms with E-state index in [9.17, 15) is 4.79 Å². The van der Waals surface area contributed by atoms with Crippen LogP contribution < -0.4 is 4.90 Å². The lowest BCUT2D eigenvalue weighted by molar-refractivity contribution is 0.0926. The maximum atomic E-state index is 12.6. The molecule has 0 saturated carbocycles. The molecule has 1 saturated heterocycles. The Kier molecular flexibility index (Phi) is 4.47. The van der Waals surface area contributed by atoms with Gasteiger partial charge in [0.05, 0.1) is 6.54 Å². The van der Waals surface area contributed by atoms with Crippen LogP contribution in [0.5, 0.6) is 0 Å². The first-order chi connectivity index (χ1) is 12.2. The van der Waals surface area contributed by atoms with Crippen LogP contribution in [0.1, 0.15) is 10.4 Å². The molecule has 0 bridgehead atoms. The lowest BCUT2D eigenvalue weighted by Gasteiger charge is -2.35. The molecule has 2 heterocycles. The van der Waals surface area contributed by atoms with Crippen LogP contribution in [0.3, 0.4) is 0 Å². The number of rotatable bonds is 4. The third-order valence-corrected chi connectivity index (χ3v) is 5.02. The molecule has 1 aromatic heterocycles. The number of nitrogens with one attached hydrogen (secondary N) is 1. The highest BCUT2D eigenvalue weighted by Gasteiger charge is 2.20. The molecule has 0 unspecified atom stereocenters. The summed E-state index contributed by atoms with van der Waals surface area (Å²) in [6.07, 6.45) is 1.90. The molecule has 2 aromatic carbocycles. The minimum absolute atomic E-state index is 0.174. The Hall–Kier alpha value is -2.30. The van der Waals surface area contributed by atoms with Gasteiger partial charge in [0, 0.05) is 54.2 Å². The quantitative estimate of drug-likeness (QED) is 0.725. The minimum atomic E-state index is 0.174. The number of ketones is 1. The minimum Gasteiger partial charge on any atom is -0.369 e. The van der Waals surface area contributed by atoms with Gasteiger partial charge >= 0.3 is 0 Å². The van der Waals surface area contributed by atoms with E-state index in [1.54, 1.807) is 0 Å². The van der Waals surface area contributed by atoms with Crippen molar-refractivity contribution in [2.45, 2.75) is 0 Å². The molecule has 1 fully saturated rings. The number of nitrogens with zero attached hydrogens (tertiary/aromatic N) is 2. The summed E-state index contributed by atoms with van der Waals surface area (Å²) in [6.45, 7) is 4.04. The van der Waals surface area contributed by atoms with E-state index in [1.165, 1.54) is 0 Å². The zero-order chi connectivity index (χ0) is 17.2. The third-order valence-electron chi connectivity index (χ3n) is 4.79. The first-order valence-corrected chi connectivity index (χ1v) is 8.90. The summed E-state index contributed by atoms with van der Waals surface area (Å²) in [7, 11) is 0. The maximum Gasteiger partial charge on any atom is 0.176 e. The second-order valence-corrected chi connectivity index (χ2v) is 6.88. The van der Waals surface area contributed by atoms with Gasteiger partial charge in [-0.25, -0.2) is 0 Å². The predicted molar refractivity (Wildman–Crippen MR) is 103 cm³/mol. The Morgan fingerprint density at radius 3 is 2.68 bits per heavy atom. The number of halogens is 1. The molecule has 1 aliphatic heterocycles. The van der Waals surface area contributed by atoms with Crippen LogP contribution in [0.25, 0.3) is 10.9 Å². The fourth-order valence-corrected chi connectivity index (χ4v) is 3.54. The van der Waals surface area contributed by atoms with Crippen LogP contribution in [0.2, 0.25) is 5.02 Å². The van der Waals surface area contributed by atoms with Crippen molar-refractivity contribution in [2.75, 3.05) is 37.6 Å². The van der Waals surface area contributed by atoms with Gasteiger partial charge in [0.1, 0.15) is 0 Å². The number of H-pyrrole nitrogens is 1. The molecule has 4 nitrogen and oxygen atoms in total. The predicted octanol–water partition coefficient (Wildman–Crippen LogP) is 3.83. The first kappa shape index (κ1) is 16.2. The molecule has 5 heteroatoms. The number of carbonyl (C=O) groups excluding carboxylic acids is 1. The van der Waals surface area contributed by atoms with E-state index in [2.05, 4.69) is 20.9 Å². The smallest absolute Gasteiger partial charge is 0.176 e. The molecule has 0 spiro atoms. The number of fused-ring (bicyclic) bond motifs is 1. The number of hydrogen-bond donors (Lipinski definition) is 1. The first-order valence-electron chi connectivity index (χ1n) is 8.52. The van der Waals surface area contributed by atoms with Crippen LogP contribution >= 0.6 is 11.6 Å². The summed E-state index contributed by atoms with van der Waals surface area (Å²) in [4.78, 5) is 20.3. The largest absolute Gasteiger partial charge is 0.369 e. The molecular formula is C20H20ClN3O. The van der Waals surface area contributed by atoms with Gasteiger partial charge in [0.15, 0.2) is 5.78 Å². The number of Topliss-reactive ketones (excluding diaryl/α,β-unsaturated/α-hetero) is 1. The molecule has 0 amide bonds. The Balaban J connectivity index is 1.37. The van der Waals surface area contributed by atoms with E-state index >= 15 is 0 Å². The standard InChI is InChI=1S/C20H20ClN3O/c21-17-2-1-3-18(13-17)24-10-8-23(9-11-24)14-20(25)16-5-4-15-6-7-22-19(15)12-16/h1-7,12-13,22H,8-11,14H2.